The molecule has 0 spiro atoms. The molecular formula is C48H26BNO3S. The number of furan rings is 1. The van der Waals surface area contributed by atoms with Crippen LogP contribution in [-0.2, 0) is 0 Å². The Labute approximate surface area is 313 Å². The monoisotopic (exact) mass is 707 g/mol. The molecule has 0 saturated heterocycles. The lowest BCUT2D eigenvalue weighted by molar-refractivity contribution is 0.465. The summed E-state index contributed by atoms with van der Waals surface area (Å²) in [4.78, 5) is 0. The molecule has 13 rings (SSSR count). The van der Waals surface area contributed by atoms with E-state index in [9.17, 15) is 0 Å². The van der Waals surface area contributed by atoms with Gasteiger partial charge in [-0.2, -0.15) is 0 Å². The summed E-state index contributed by atoms with van der Waals surface area (Å²) in [5, 5.41) is 7.21. The highest BCUT2D eigenvalue weighted by Crippen LogP contribution is 2.50. The largest absolute Gasteiger partial charge is 0.458 e. The zero-order valence-corrected chi connectivity index (χ0v) is 29.5. The normalized spacial score (nSPS) is 13.1. The number of fused-ring (bicyclic) bond motifs is 16. The Bertz CT molecular complexity index is 3310. The molecule has 0 amide bonds. The SMILES string of the molecule is c1ccc2c(c1)Oc1cc(-c3ccc(-n4c5ccccc5c5c6sc7ccccc7c6c6oc7ccccc7c6c54)cc3)cc3c1B2c1ccccc1O3. The van der Waals surface area contributed by atoms with Crippen molar-refractivity contribution >= 4 is 98.4 Å². The van der Waals surface area contributed by atoms with Gasteiger partial charge < -0.3 is 18.5 Å². The first kappa shape index (κ1) is 28.8. The number of ether oxygens (including phenoxy) is 2. The van der Waals surface area contributed by atoms with Gasteiger partial charge in [-0.25, -0.2) is 0 Å². The Morgan fingerprint density at radius 3 is 1.89 bits per heavy atom. The van der Waals surface area contributed by atoms with Crippen molar-refractivity contribution in [3.05, 3.63) is 158 Å². The van der Waals surface area contributed by atoms with Gasteiger partial charge in [0.05, 0.1) is 16.4 Å². The summed E-state index contributed by atoms with van der Waals surface area (Å²) in [6.45, 7) is 0.0554. The van der Waals surface area contributed by atoms with Gasteiger partial charge in [-0.05, 0) is 76.6 Å². The minimum atomic E-state index is 0.0554. The number of nitrogens with zero attached hydrogens (tertiary/aromatic N) is 1. The highest BCUT2D eigenvalue weighted by molar-refractivity contribution is 7.27. The average Bonchev–Trinajstić information content (AvgIpc) is 3.90. The third-order valence-corrected chi connectivity index (χ3v) is 12.7. The number of para-hydroxylation sites is 4. The molecule has 8 aromatic carbocycles. The Kier molecular flexibility index (Phi) is 5.56. The Balaban J connectivity index is 1.04. The van der Waals surface area contributed by atoms with E-state index in [1.54, 1.807) is 0 Å². The lowest BCUT2D eigenvalue weighted by atomic mass is 9.35. The van der Waals surface area contributed by atoms with Crippen molar-refractivity contribution in [1.82, 2.24) is 4.57 Å². The molecule has 0 N–H and O–H groups in total. The van der Waals surface area contributed by atoms with Crippen LogP contribution in [0.1, 0.15) is 0 Å². The van der Waals surface area contributed by atoms with Gasteiger partial charge in [-0.15, -0.1) is 11.3 Å². The summed E-state index contributed by atoms with van der Waals surface area (Å²) in [5.74, 6) is 3.47. The van der Waals surface area contributed by atoms with Crippen LogP contribution in [0.2, 0.25) is 0 Å². The predicted molar refractivity (Wildman–Crippen MR) is 224 cm³/mol. The first-order valence-electron chi connectivity index (χ1n) is 18.3. The summed E-state index contributed by atoms with van der Waals surface area (Å²) in [6, 6.07) is 56.0. The number of thiophene rings is 1. The quantitative estimate of drug-likeness (QED) is 0.168. The van der Waals surface area contributed by atoms with Crippen molar-refractivity contribution in [2.75, 3.05) is 0 Å². The standard InChI is InChI=1S/C48H26BNO3S/c1-6-16-35-30(11-1)43-46(42-31-12-2-7-17-36(31)53-47(42)44-32-13-3-10-20-41(32)54-48(43)44)50(35)29-23-21-27(22-24-29)28-25-39-45-40(26-28)52-38-19-9-5-15-34(38)49(45)33-14-4-8-18-37(33)51-39/h1-26H. The molecule has 0 bridgehead atoms. The van der Waals surface area contributed by atoms with E-state index in [1.165, 1.54) is 42.0 Å². The van der Waals surface area contributed by atoms with Gasteiger partial charge in [0.25, 0.3) is 6.71 Å². The van der Waals surface area contributed by atoms with E-state index in [4.69, 9.17) is 13.9 Å². The van der Waals surface area contributed by atoms with Crippen molar-refractivity contribution in [3.63, 3.8) is 0 Å². The van der Waals surface area contributed by atoms with Crippen LogP contribution in [0.4, 0.5) is 0 Å². The fraction of sp³-hybridized carbons (Fsp3) is 0. The summed E-state index contributed by atoms with van der Waals surface area (Å²) >= 11 is 1.85. The van der Waals surface area contributed by atoms with E-state index in [-0.39, 0.29) is 6.71 Å². The zero-order valence-electron chi connectivity index (χ0n) is 28.7. The molecule has 0 fully saturated rings. The first-order valence-corrected chi connectivity index (χ1v) is 19.1. The van der Waals surface area contributed by atoms with Crippen LogP contribution in [0, 0.1) is 0 Å². The van der Waals surface area contributed by atoms with Gasteiger partial charge >= 0.3 is 0 Å². The fourth-order valence-electron chi connectivity index (χ4n) is 9.24. The molecule has 3 aromatic heterocycles. The van der Waals surface area contributed by atoms with Crippen LogP contribution in [0.3, 0.4) is 0 Å². The maximum atomic E-state index is 6.80. The van der Waals surface area contributed by atoms with Gasteiger partial charge in [-0.1, -0.05) is 103 Å². The molecule has 250 valence electrons. The second-order valence-corrected chi connectivity index (χ2v) is 15.4. The highest BCUT2D eigenvalue weighted by Gasteiger charge is 2.40. The molecule has 0 unspecified atom stereocenters. The maximum Gasteiger partial charge on any atom is 0.260 e. The van der Waals surface area contributed by atoms with Gasteiger partial charge in [0, 0.05) is 47.5 Å². The van der Waals surface area contributed by atoms with E-state index < -0.39 is 0 Å². The molecule has 0 saturated carbocycles. The number of hydrogen-bond donors (Lipinski definition) is 0. The van der Waals surface area contributed by atoms with Crippen molar-refractivity contribution in [1.29, 1.82) is 0 Å². The van der Waals surface area contributed by atoms with Gasteiger partial charge in [-0.3, -0.25) is 0 Å². The Morgan fingerprint density at radius 2 is 1.13 bits per heavy atom. The van der Waals surface area contributed by atoms with Crippen molar-refractivity contribution in [2.24, 2.45) is 0 Å². The van der Waals surface area contributed by atoms with Gasteiger partial charge in [0.2, 0.25) is 0 Å². The van der Waals surface area contributed by atoms with E-state index in [0.29, 0.717) is 0 Å². The van der Waals surface area contributed by atoms with Crippen LogP contribution in [0.5, 0.6) is 23.0 Å². The second-order valence-electron chi connectivity index (χ2n) is 14.3. The van der Waals surface area contributed by atoms with E-state index in [2.05, 4.69) is 150 Å². The van der Waals surface area contributed by atoms with E-state index in [0.717, 1.165) is 78.1 Å². The zero-order chi connectivity index (χ0) is 35.1. The minimum absolute atomic E-state index is 0.0554. The lowest BCUT2D eigenvalue weighted by Crippen LogP contribution is -2.57. The minimum Gasteiger partial charge on any atom is -0.458 e. The third-order valence-electron chi connectivity index (χ3n) is 11.5. The number of hydrogen-bond acceptors (Lipinski definition) is 4. The van der Waals surface area contributed by atoms with Crippen molar-refractivity contribution in [2.45, 2.75) is 0 Å². The number of rotatable bonds is 2. The van der Waals surface area contributed by atoms with Crippen LogP contribution >= 0.6 is 11.3 Å². The summed E-state index contributed by atoms with van der Waals surface area (Å²) < 4.78 is 25.0. The van der Waals surface area contributed by atoms with E-state index >= 15 is 0 Å². The van der Waals surface area contributed by atoms with Crippen LogP contribution in [0.15, 0.2) is 162 Å². The molecule has 5 heterocycles. The molecule has 0 radical (unpaired) electrons. The number of benzene rings is 8. The predicted octanol–water partition coefficient (Wildman–Crippen LogP) is 11.4. The molecule has 6 heteroatoms. The van der Waals surface area contributed by atoms with Crippen LogP contribution < -0.4 is 25.9 Å². The molecule has 11 aromatic rings. The van der Waals surface area contributed by atoms with E-state index in [1.807, 2.05) is 23.5 Å². The molecule has 0 aliphatic carbocycles. The highest BCUT2D eigenvalue weighted by atomic mass is 32.1. The van der Waals surface area contributed by atoms with Crippen LogP contribution in [-0.4, -0.2) is 11.3 Å². The topological polar surface area (TPSA) is 36.5 Å². The summed E-state index contributed by atoms with van der Waals surface area (Å²) in [6.07, 6.45) is 0. The van der Waals surface area contributed by atoms with Gasteiger partial charge in [0.15, 0.2) is 0 Å². The average molecular weight is 708 g/mol. The lowest BCUT2D eigenvalue weighted by Gasteiger charge is -2.33. The van der Waals surface area contributed by atoms with Gasteiger partial charge in [0.1, 0.15) is 34.2 Å². The maximum absolute atomic E-state index is 6.80. The smallest absolute Gasteiger partial charge is 0.260 e. The Morgan fingerprint density at radius 1 is 0.500 bits per heavy atom. The molecule has 2 aliphatic heterocycles. The third kappa shape index (κ3) is 3.72. The first-order chi connectivity index (χ1) is 26.8. The van der Waals surface area contributed by atoms with Crippen molar-refractivity contribution in [3.8, 4) is 39.8 Å². The second kappa shape index (κ2) is 10.4. The van der Waals surface area contributed by atoms with Crippen molar-refractivity contribution < 1.29 is 13.9 Å². The molecule has 2 aliphatic rings. The molecule has 54 heavy (non-hydrogen) atoms. The Hall–Kier alpha value is -6.76. The molecule has 0 atom stereocenters. The summed E-state index contributed by atoms with van der Waals surface area (Å²) in [5.41, 5.74) is 10.8. The molecular weight excluding hydrogens is 681 g/mol. The number of aromatic nitrogens is 1. The molecule has 4 nitrogen and oxygen atoms in total. The summed E-state index contributed by atoms with van der Waals surface area (Å²) in [7, 11) is 0. The van der Waals surface area contributed by atoms with Crippen LogP contribution in [0.25, 0.3) is 80.7 Å². The fourth-order valence-corrected chi connectivity index (χ4v) is 10.5.